The molecule has 98 valence electrons. The summed E-state index contributed by atoms with van der Waals surface area (Å²) in [7, 11) is 0. The quantitative estimate of drug-likeness (QED) is 0.722. The van der Waals surface area contributed by atoms with Crippen molar-refractivity contribution >= 4 is 29.3 Å². The molecule has 0 aliphatic heterocycles. The second kappa shape index (κ2) is 6.80. The highest BCUT2D eigenvalue weighted by Gasteiger charge is 2.06. The van der Waals surface area contributed by atoms with Crippen LogP contribution in [0.15, 0.2) is 18.2 Å². The molecule has 0 heterocycles. The van der Waals surface area contributed by atoms with Crippen molar-refractivity contribution < 1.29 is 19.1 Å². The lowest BCUT2D eigenvalue weighted by Crippen LogP contribution is -2.29. The summed E-state index contributed by atoms with van der Waals surface area (Å²) in [5.74, 6) is -1.41. The van der Waals surface area contributed by atoms with Gasteiger partial charge in [0.25, 0.3) is 0 Å². The Morgan fingerprint density at radius 1 is 1.39 bits per heavy atom. The lowest BCUT2D eigenvalue weighted by Gasteiger charge is -2.08. The predicted molar refractivity (Wildman–Crippen MR) is 65.3 cm³/mol. The van der Waals surface area contributed by atoms with E-state index in [4.69, 9.17) is 16.7 Å². The van der Waals surface area contributed by atoms with Crippen molar-refractivity contribution in [2.75, 3.05) is 11.9 Å². The number of aliphatic carboxylic acids is 1. The third kappa shape index (κ3) is 5.01. The summed E-state index contributed by atoms with van der Waals surface area (Å²) in [5, 5.41) is 13.4. The van der Waals surface area contributed by atoms with Gasteiger partial charge in [0.1, 0.15) is 5.82 Å². The molecule has 1 aromatic rings. The zero-order valence-electron chi connectivity index (χ0n) is 9.37. The third-order valence-electron chi connectivity index (χ3n) is 2.03. The molecule has 1 rings (SSSR count). The zero-order chi connectivity index (χ0) is 13.5. The zero-order valence-corrected chi connectivity index (χ0v) is 10.1. The first kappa shape index (κ1) is 14.2. The minimum absolute atomic E-state index is 0.0163. The van der Waals surface area contributed by atoms with Gasteiger partial charge < -0.3 is 15.7 Å². The maximum atomic E-state index is 12.7. The van der Waals surface area contributed by atoms with Gasteiger partial charge in [-0.1, -0.05) is 11.6 Å². The molecule has 0 saturated heterocycles. The van der Waals surface area contributed by atoms with Crippen molar-refractivity contribution in [3.8, 4) is 0 Å². The molecule has 0 atom stereocenters. The van der Waals surface area contributed by atoms with Gasteiger partial charge >= 0.3 is 12.0 Å². The molecule has 0 aromatic heterocycles. The monoisotopic (exact) mass is 274 g/mol. The van der Waals surface area contributed by atoms with Crippen LogP contribution >= 0.6 is 11.6 Å². The standard InChI is InChI=1S/C11H12ClFN2O3/c12-8-6-7(13)3-4-9(8)15-11(18)14-5-1-2-10(16)17/h3-4,6H,1-2,5H2,(H,16,17)(H2,14,15,18). The topological polar surface area (TPSA) is 78.4 Å². The fraction of sp³-hybridized carbons (Fsp3) is 0.273. The van der Waals surface area contributed by atoms with Crippen LogP contribution in [0.1, 0.15) is 12.8 Å². The van der Waals surface area contributed by atoms with Crippen molar-refractivity contribution in [3.63, 3.8) is 0 Å². The van der Waals surface area contributed by atoms with E-state index >= 15 is 0 Å². The van der Waals surface area contributed by atoms with Crippen molar-refractivity contribution in [2.24, 2.45) is 0 Å². The first-order valence-corrected chi connectivity index (χ1v) is 5.58. The van der Waals surface area contributed by atoms with Crippen LogP contribution in [0.2, 0.25) is 5.02 Å². The molecule has 0 spiro atoms. The average Bonchev–Trinajstić information content (AvgIpc) is 2.28. The Balaban J connectivity index is 2.38. The number of hydrogen-bond acceptors (Lipinski definition) is 2. The van der Waals surface area contributed by atoms with Gasteiger partial charge in [-0.2, -0.15) is 0 Å². The Hall–Kier alpha value is -1.82. The maximum Gasteiger partial charge on any atom is 0.319 e. The lowest BCUT2D eigenvalue weighted by molar-refractivity contribution is -0.137. The van der Waals surface area contributed by atoms with E-state index in [9.17, 15) is 14.0 Å². The molecule has 7 heteroatoms. The number of amides is 2. The Bertz CT molecular complexity index is 454. The van der Waals surface area contributed by atoms with Crippen LogP contribution in [-0.4, -0.2) is 23.7 Å². The highest BCUT2D eigenvalue weighted by Crippen LogP contribution is 2.22. The van der Waals surface area contributed by atoms with Crippen LogP contribution in [0.4, 0.5) is 14.9 Å². The van der Waals surface area contributed by atoms with Crippen LogP contribution in [0.5, 0.6) is 0 Å². The molecule has 0 bridgehead atoms. The van der Waals surface area contributed by atoms with Gasteiger partial charge in [-0.3, -0.25) is 4.79 Å². The summed E-state index contributed by atoms with van der Waals surface area (Å²) in [6, 6.07) is 3.08. The summed E-state index contributed by atoms with van der Waals surface area (Å²) < 4.78 is 12.7. The number of carboxylic acids is 1. The van der Waals surface area contributed by atoms with Crippen molar-refractivity contribution in [1.29, 1.82) is 0 Å². The highest BCUT2D eigenvalue weighted by molar-refractivity contribution is 6.33. The van der Waals surface area contributed by atoms with Gasteiger partial charge in [-0.25, -0.2) is 9.18 Å². The number of carbonyl (C=O) groups is 2. The van der Waals surface area contributed by atoms with E-state index in [-0.39, 0.29) is 23.7 Å². The largest absolute Gasteiger partial charge is 0.481 e. The van der Waals surface area contributed by atoms with Gasteiger partial charge in [0, 0.05) is 13.0 Å². The number of hydrogen-bond donors (Lipinski definition) is 3. The van der Waals surface area contributed by atoms with Crippen LogP contribution < -0.4 is 10.6 Å². The molecule has 5 nitrogen and oxygen atoms in total. The molecule has 0 unspecified atom stereocenters. The summed E-state index contributed by atoms with van der Waals surface area (Å²) in [6.07, 6.45) is 0.317. The molecule has 18 heavy (non-hydrogen) atoms. The fourth-order valence-electron chi connectivity index (χ4n) is 1.20. The normalized spacial score (nSPS) is 9.89. The number of rotatable bonds is 5. The second-order valence-corrected chi connectivity index (χ2v) is 3.91. The SMILES string of the molecule is O=C(O)CCCNC(=O)Nc1ccc(F)cc1Cl. The van der Waals surface area contributed by atoms with Crippen molar-refractivity contribution in [2.45, 2.75) is 12.8 Å². The van der Waals surface area contributed by atoms with E-state index in [1.165, 1.54) is 12.1 Å². The number of urea groups is 1. The van der Waals surface area contributed by atoms with Gasteiger partial charge in [0.2, 0.25) is 0 Å². The van der Waals surface area contributed by atoms with Crippen LogP contribution in [0, 0.1) is 5.82 Å². The smallest absolute Gasteiger partial charge is 0.319 e. The summed E-state index contributed by atoms with van der Waals surface area (Å²) in [6.45, 7) is 0.233. The molecule has 0 fully saturated rings. The van der Waals surface area contributed by atoms with Crippen molar-refractivity contribution in [3.05, 3.63) is 29.0 Å². The molecule has 3 N–H and O–H groups in total. The molecule has 0 saturated carbocycles. The Labute approximate surface area is 108 Å². The minimum atomic E-state index is -0.918. The Morgan fingerprint density at radius 3 is 2.72 bits per heavy atom. The number of anilines is 1. The van der Waals surface area contributed by atoms with Crippen LogP contribution in [0.25, 0.3) is 0 Å². The minimum Gasteiger partial charge on any atom is -0.481 e. The van der Waals surface area contributed by atoms with Gasteiger partial charge in [-0.05, 0) is 24.6 Å². The second-order valence-electron chi connectivity index (χ2n) is 3.50. The van der Waals surface area contributed by atoms with Gasteiger partial charge in [0.05, 0.1) is 10.7 Å². The Morgan fingerprint density at radius 2 is 2.11 bits per heavy atom. The number of nitrogens with one attached hydrogen (secondary N) is 2. The van der Waals surface area contributed by atoms with Crippen molar-refractivity contribution in [1.82, 2.24) is 5.32 Å². The average molecular weight is 275 g/mol. The molecule has 0 aliphatic rings. The fourth-order valence-corrected chi connectivity index (χ4v) is 1.41. The maximum absolute atomic E-state index is 12.7. The van der Waals surface area contributed by atoms with E-state index in [2.05, 4.69) is 10.6 Å². The summed E-state index contributed by atoms with van der Waals surface area (Å²) >= 11 is 5.72. The van der Waals surface area contributed by atoms with Gasteiger partial charge in [-0.15, -0.1) is 0 Å². The molecule has 2 amide bonds. The van der Waals surface area contributed by atoms with E-state index in [0.29, 0.717) is 6.42 Å². The van der Waals surface area contributed by atoms with E-state index in [1.54, 1.807) is 0 Å². The molecule has 1 aromatic carbocycles. The first-order valence-electron chi connectivity index (χ1n) is 5.20. The van der Waals surface area contributed by atoms with E-state index in [0.717, 1.165) is 6.07 Å². The highest BCUT2D eigenvalue weighted by atomic mass is 35.5. The number of halogens is 2. The number of benzene rings is 1. The molecular weight excluding hydrogens is 263 g/mol. The lowest BCUT2D eigenvalue weighted by atomic mass is 10.3. The predicted octanol–water partition coefficient (Wildman–Crippen LogP) is 2.47. The van der Waals surface area contributed by atoms with Crippen LogP contribution in [-0.2, 0) is 4.79 Å². The number of carboxylic acid groups (broad SMARTS) is 1. The first-order chi connectivity index (χ1) is 8.49. The summed E-state index contributed by atoms with van der Waals surface area (Å²) in [5.41, 5.74) is 0.286. The van der Waals surface area contributed by atoms with Crippen LogP contribution in [0.3, 0.4) is 0 Å². The van der Waals surface area contributed by atoms with E-state index in [1.807, 2.05) is 0 Å². The Kier molecular flexibility index (Phi) is 5.38. The molecule has 0 radical (unpaired) electrons. The van der Waals surface area contributed by atoms with E-state index < -0.39 is 17.8 Å². The number of carbonyl (C=O) groups excluding carboxylic acids is 1. The molecular formula is C11H12ClFN2O3. The van der Waals surface area contributed by atoms with Gasteiger partial charge in [0.15, 0.2) is 0 Å². The molecule has 0 aliphatic carbocycles. The third-order valence-corrected chi connectivity index (χ3v) is 2.35. The summed E-state index contributed by atoms with van der Waals surface area (Å²) in [4.78, 5) is 21.6.